The lowest BCUT2D eigenvalue weighted by molar-refractivity contribution is -0.138. The van der Waals surface area contributed by atoms with Crippen LogP contribution in [0.4, 0.5) is 0 Å². The van der Waals surface area contributed by atoms with Gasteiger partial charge in [-0.3, -0.25) is 14.5 Å². The van der Waals surface area contributed by atoms with Crippen LogP contribution in [-0.2, 0) is 9.59 Å². The summed E-state index contributed by atoms with van der Waals surface area (Å²) >= 11 is 0. The van der Waals surface area contributed by atoms with Gasteiger partial charge in [0.1, 0.15) is 0 Å². The van der Waals surface area contributed by atoms with Crippen LogP contribution >= 0.6 is 0 Å². The molecule has 1 N–H and O–H groups in total. The number of carbonyl (C=O) groups is 2. The highest BCUT2D eigenvalue weighted by Gasteiger charge is 2.29. The fraction of sp³-hybridized carbons (Fsp3) is 0.875. The van der Waals surface area contributed by atoms with Crippen molar-refractivity contribution < 1.29 is 9.59 Å². The lowest BCUT2D eigenvalue weighted by atomic mass is 9.94. The molecule has 0 unspecified atom stereocenters. The predicted octanol–water partition coefficient (Wildman–Crippen LogP) is 1.24. The van der Waals surface area contributed by atoms with Gasteiger partial charge in [0.05, 0.1) is 6.54 Å². The second-order valence-electron chi connectivity index (χ2n) is 6.66. The van der Waals surface area contributed by atoms with Gasteiger partial charge < -0.3 is 10.2 Å². The van der Waals surface area contributed by atoms with E-state index in [1.807, 2.05) is 13.8 Å². The number of nitrogens with zero attached hydrogens (tertiary/aromatic N) is 2. The van der Waals surface area contributed by atoms with E-state index in [0.717, 1.165) is 51.9 Å². The molecule has 2 aliphatic rings. The number of carbonyl (C=O) groups excluding carboxylic acids is 2. The Morgan fingerprint density at radius 1 is 1.05 bits per heavy atom. The zero-order chi connectivity index (χ0) is 15.2. The van der Waals surface area contributed by atoms with E-state index in [9.17, 15) is 9.59 Å². The number of amides is 2. The van der Waals surface area contributed by atoms with Crippen LogP contribution in [0.25, 0.3) is 0 Å². The lowest BCUT2D eigenvalue weighted by Crippen LogP contribution is -2.47. The second-order valence-corrected chi connectivity index (χ2v) is 6.66. The normalized spacial score (nSPS) is 21.6. The third-order valence-electron chi connectivity index (χ3n) is 4.42. The largest absolute Gasteiger partial charge is 0.353 e. The summed E-state index contributed by atoms with van der Waals surface area (Å²) in [5.74, 6) is 0.610. The zero-order valence-electron chi connectivity index (χ0n) is 13.4. The van der Waals surface area contributed by atoms with Crippen LogP contribution < -0.4 is 5.32 Å². The molecule has 0 aromatic carbocycles. The molecule has 0 saturated carbocycles. The fourth-order valence-corrected chi connectivity index (χ4v) is 3.28. The highest BCUT2D eigenvalue weighted by atomic mass is 16.2. The molecule has 2 saturated heterocycles. The van der Waals surface area contributed by atoms with E-state index in [-0.39, 0.29) is 17.9 Å². The minimum absolute atomic E-state index is 0.0887. The summed E-state index contributed by atoms with van der Waals surface area (Å²) in [4.78, 5) is 28.4. The Bertz CT molecular complexity index is 357. The minimum Gasteiger partial charge on any atom is -0.353 e. The topological polar surface area (TPSA) is 52.7 Å². The first-order valence-electron chi connectivity index (χ1n) is 8.37. The molecule has 0 aromatic heterocycles. The van der Waals surface area contributed by atoms with Gasteiger partial charge in [-0.25, -0.2) is 0 Å². The predicted molar refractivity (Wildman–Crippen MR) is 82.9 cm³/mol. The Morgan fingerprint density at radius 2 is 1.67 bits per heavy atom. The van der Waals surface area contributed by atoms with Crippen molar-refractivity contribution in [2.45, 2.75) is 52.0 Å². The van der Waals surface area contributed by atoms with Crippen molar-refractivity contribution in [3.63, 3.8) is 0 Å². The number of rotatable bonds is 4. The van der Waals surface area contributed by atoms with Crippen molar-refractivity contribution in [2.75, 3.05) is 32.7 Å². The van der Waals surface area contributed by atoms with E-state index in [1.54, 1.807) is 0 Å². The van der Waals surface area contributed by atoms with Crippen molar-refractivity contribution in [1.29, 1.82) is 0 Å². The van der Waals surface area contributed by atoms with Crippen LogP contribution in [0, 0.1) is 5.92 Å². The molecular weight excluding hydrogens is 266 g/mol. The van der Waals surface area contributed by atoms with Crippen molar-refractivity contribution in [3.8, 4) is 0 Å². The maximum Gasteiger partial charge on any atom is 0.234 e. The van der Waals surface area contributed by atoms with Crippen molar-refractivity contribution in [1.82, 2.24) is 15.1 Å². The summed E-state index contributed by atoms with van der Waals surface area (Å²) < 4.78 is 0. The Labute approximate surface area is 128 Å². The van der Waals surface area contributed by atoms with Crippen LogP contribution in [0.2, 0.25) is 0 Å². The van der Waals surface area contributed by atoms with E-state index in [4.69, 9.17) is 0 Å². The van der Waals surface area contributed by atoms with E-state index in [0.29, 0.717) is 12.5 Å². The maximum atomic E-state index is 12.5. The number of nitrogens with one attached hydrogen (secondary N) is 1. The molecule has 2 amide bonds. The molecule has 0 aliphatic carbocycles. The molecule has 5 nitrogen and oxygen atoms in total. The molecule has 21 heavy (non-hydrogen) atoms. The van der Waals surface area contributed by atoms with Gasteiger partial charge in [0.25, 0.3) is 0 Å². The Hall–Kier alpha value is -1.10. The number of piperidine rings is 2. The van der Waals surface area contributed by atoms with E-state index in [2.05, 4.69) is 15.1 Å². The molecule has 0 radical (unpaired) electrons. The highest BCUT2D eigenvalue weighted by molar-refractivity contribution is 5.79. The standard InChI is InChI=1S/C16H29N3O2/c1-13(2)17-15(20)12-18-10-6-14(7-11-18)16(21)19-8-4-3-5-9-19/h13-14H,3-12H2,1-2H3,(H,17,20). The third kappa shape index (κ3) is 4.99. The van der Waals surface area contributed by atoms with Gasteiger partial charge in [0, 0.05) is 25.0 Å². The number of likely N-dealkylation sites (tertiary alicyclic amines) is 2. The molecular formula is C16H29N3O2. The molecule has 2 fully saturated rings. The monoisotopic (exact) mass is 295 g/mol. The van der Waals surface area contributed by atoms with Gasteiger partial charge in [-0.2, -0.15) is 0 Å². The Morgan fingerprint density at radius 3 is 2.24 bits per heavy atom. The van der Waals surface area contributed by atoms with Crippen LogP contribution in [0.1, 0.15) is 46.0 Å². The molecule has 0 atom stereocenters. The molecule has 120 valence electrons. The third-order valence-corrected chi connectivity index (χ3v) is 4.42. The SMILES string of the molecule is CC(C)NC(=O)CN1CCC(C(=O)N2CCCCC2)CC1. The first-order valence-corrected chi connectivity index (χ1v) is 8.37. The van der Waals surface area contributed by atoms with Crippen molar-refractivity contribution in [3.05, 3.63) is 0 Å². The summed E-state index contributed by atoms with van der Waals surface area (Å²) in [5, 5.41) is 2.92. The molecule has 2 heterocycles. The summed E-state index contributed by atoms with van der Waals surface area (Å²) in [6.07, 6.45) is 5.35. The molecule has 0 bridgehead atoms. The zero-order valence-corrected chi connectivity index (χ0v) is 13.4. The molecule has 0 spiro atoms. The second kappa shape index (κ2) is 7.78. The number of hydrogen-bond donors (Lipinski definition) is 1. The summed E-state index contributed by atoms with van der Waals surface area (Å²) in [5.41, 5.74) is 0. The average Bonchev–Trinajstić information content (AvgIpc) is 2.47. The number of hydrogen-bond acceptors (Lipinski definition) is 3. The van der Waals surface area contributed by atoms with Crippen molar-refractivity contribution in [2.24, 2.45) is 5.92 Å². The van der Waals surface area contributed by atoms with Gasteiger partial charge in [0.2, 0.25) is 11.8 Å². The van der Waals surface area contributed by atoms with Gasteiger partial charge in [0.15, 0.2) is 0 Å². The molecule has 2 rings (SSSR count). The molecule has 5 heteroatoms. The van der Waals surface area contributed by atoms with Gasteiger partial charge in [-0.1, -0.05) is 0 Å². The van der Waals surface area contributed by atoms with Gasteiger partial charge >= 0.3 is 0 Å². The quantitative estimate of drug-likeness (QED) is 0.849. The molecule has 0 aromatic rings. The summed E-state index contributed by atoms with van der Waals surface area (Å²) in [7, 11) is 0. The lowest BCUT2D eigenvalue weighted by Gasteiger charge is -2.35. The first-order chi connectivity index (χ1) is 10.1. The smallest absolute Gasteiger partial charge is 0.234 e. The van der Waals surface area contributed by atoms with Crippen LogP contribution in [0.3, 0.4) is 0 Å². The minimum atomic E-state index is 0.0887. The summed E-state index contributed by atoms with van der Waals surface area (Å²) in [6.45, 7) is 8.00. The van der Waals surface area contributed by atoms with E-state index < -0.39 is 0 Å². The average molecular weight is 295 g/mol. The fourth-order valence-electron chi connectivity index (χ4n) is 3.28. The first kappa shape index (κ1) is 16.3. The van der Waals surface area contributed by atoms with Crippen LogP contribution in [-0.4, -0.2) is 60.4 Å². The summed E-state index contributed by atoms with van der Waals surface area (Å²) in [6, 6.07) is 0.190. The molecule has 2 aliphatic heterocycles. The van der Waals surface area contributed by atoms with Gasteiger partial charge in [-0.05, 0) is 59.0 Å². The van der Waals surface area contributed by atoms with Gasteiger partial charge in [-0.15, -0.1) is 0 Å². The Balaban J connectivity index is 1.72. The van der Waals surface area contributed by atoms with E-state index >= 15 is 0 Å². The van der Waals surface area contributed by atoms with Crippen LogP contribution in [0.15, 0.2) is 0 Å². The Kier molecular flexibility index (Phi) is 6.03. The van der Waals surface area contributed by atoms with Crippen LogP contribution in [0.5, 0.6) is 0 Å². The maximum absolute atomic E-state index is 12.5. The van der Waals surface area contributed by atoms with E-state index in [1.165, 1.54) is 6.42 Å². The highest BCUT2D eigenvalue weighted by Crippen LogP contribution is 2.21. The van der Waals surface area contributed by atoms with Crippen molar-refractivity contribution >= 4 is 11.8 Å².